The topological polar surface area (TPSA) is 73.9 Å². The third-order valence-electron chi connectivity index (χ3n) is 3.97. The van der Waals surface area contributed by atoms with Gasteiger partial charge in [-0.1, -0.05) is 6.07 Å². The van der Waals surface area contributed by atoms with Crippen LogP contribution < -0.4 is 14.8 Å². The number of fused-ring (bicyclic) bond motifs is 1. The van der Waals surface area contributed by atoms with Crippen molar-refractivity contribution in [2.24, 2.45) is 0 Å². The van der Waals surface area contributed by atoms with Crippen molar-refractivity contribution in [1.29, 1.82) is 0 Å². The largest absolute Gasteiger partial charge is 0.497 e. The second kappa shape index (κ2) is 7.57. The summed E-state index contributed by atoms with van der Waals surface area (Å²) in [7, 11) is 2.91. The number of aryl methyl sites for hydroxylation is 1. The first-order chi connectivity index (χ1) is 12.1. The van der Waals surface area contributed by atoms with Gasteiger partial charge in [0.2, 0.25) is 0 Å². The van der Waals surface area contributed by atoms with E-state index in [-0.39, 0.29) is 12.5 Å². The Morgan fingerprint density at radius 1 is 1.20 bits per heavy atom. The Labute approximate surface area is 149 Å². The first-order valence-electron chi connectivity index (χ1n) is 7.92. The van der Waals surface area contributed by atoms with Gasteiger partial charge in [-0.2, -0.15) is 0 Å². The van der Waals surface area contributed by atoms with E-state index >= 15 is 0 Å². The van der Waals surface area contributed by atoms with Crippen LogP contribution in [0.1, 0.15) is 27.2 Å². The number of amides is 1. The monoisotopic (exact) mass is 361 g/mol. The Morgan fingerprint density at radius 2 is 2.00 bits per heavy atom. The van der Waals surface area contributed by atoms with Gasteiger partial charge < -0.3 is 19.5 Å². The Hall–Kier alpha value is -2.54. The summed E-state index contributed by atoms with van der Waals surface area (Å²) < 4.78 is 15.5. The smallest absolute Gasteiger partial charge is 0.341 e. The second-order valence-electron chi connectivity index (χ2n) is 5.57. The molecule has 1 aliphatic carbocycles. The van der Waals surface area contributed by atoms with Gasteiger partial charge in [0.1, 0.15) is 16.5 Å². The molecular formula is C18H19NO5S. The van der Waals surface area contributed by atoms with E-state index in [0.717, 1.165) is 29.7 Å². The molecule has 1 amide bonds. The van der Waals surface area contributed by atoms with E-state index in [4.69, 9.17) is 14.2 Å². The molecule has 1 aromatic carbocycles. The molecule has 0 saturated heterocycles. The van der Waals surface area contributed by atoms with E-state index in [1.54, 1.807) is 31.4 Å². The van der Waals surface area contributed by atoms with Crippen LogP contribution in [0.5, 0.6) is 11.5 Å². The first kappa shape index (κ1) is 17.3. The van der Waals surface area contributed by atoms with Crippen molar-refractivity contribution < 1.29 is 23.8 Å². The quantitative estimate of drug-likeness (QED) is 0.801. The lowest BCUT2D eigenvalue weighted by Gasteiger charge is -2.09. The number of nitrogens with one attached hydrogen (secondary N) is 1. The highest BCUT2D eigenvalue weighted by Gasteiger charge is 2.28. The SMILES string of the molecule is COC(=O)c1c(NC(=O)COc2cccc(OC)c2)sc2c1CCC2. The molecule has 0 aliphatic heterocycles. The lowest BCUT2D eigenvalue weighted by molar-refractivity contribution is -0.118. The molecule has 1 aromatic heterocycles. The van der Waals surface area contributed by atoms with Gasteiger partial charge in [-0.3, -0.25) is 4.79 Å². The van der Waals surface area contributed by atoms with Crippen LogP contribution in [-0.4, -0.2) is 32.7 Å². The van der Waals surface area contributed by atoms with Crippen molar-refractivity contribution in [3.63, 3.8) is 0 Å². The van der Waals surface area contributed by atoms with E-state index in [2.05, 4.69) is 5.32 Å². The molecule has 6 nitrogen and oxygen atoms in total. The second-order valence-corrected chi connectivity index (χ2v) is 6.67. The van der Waals surface area contributed by atoms with Crippen LogP contribution in [0.25, 0.3) is 0 Å². The maximum absolute atomic E-state index is 12.2. The average molecular weight is 361 g/mol. The standard InChI is InChI=1S/C18H19NO5S/c1-22-11-5-3-6-12(9-11)24-10-15(20)19-17-16(18(21)23-2)13-7-4-8-14(13)25-17/h3,5-6,9H,4,7-8,10H2,1-2H3,(H,19,20). The van der Waals surface area contributed by atoms with E-state index in [1.807, 2.05) is 0 Å². The minimum atomic E-state index is -0.414. The highest BCUT2D eigenvalue weighted by atomic mass is 32.1. The first-order valence-corrected chi connectivity index (χ1v) is 8.73. The fourth-order valence-electron chi connectivity index (χ4n) is 2.81. The molecule has 1 heterocycles. The van der Waals surface area contributed by atoms with Crippen LogP contribution in [0, 0.1) is 0 Å². The zero-order valence-electron chi connectivity index (χ0n) is 14.1. The normalized spacial score (nSPS) is 12.4. The summed E-state index contributed by atoms with van der Waals surface area (Å²) in [6.45, 7) is -0.156. The van der Waals surface area contributed by atoms with Crippen LogP contribution in [0.3, 0.4) is 0 Å². The van der Waals surface area contributed by atoms with E-state index in [1.165, 1.54) is 18.4 Å². The fourth-order valence-corrected chi connectivity index (χ4v) is 4.11. The van der Waals surface area contributed by atoms with Crippen molar-refractivity contribution in [3.8, 4) is 11.5 Å². The average Bonchev–Trinajstić information content (AvgIpc) is 3.20. The molecule has 0 unspecified atom stereocenters. The van der Waals surface area contributed by atoms with E-state index in [9.17, 15) is 9.59 Å². The molecule has 2 aromatic rings. The van der Waals surface area contributed by atoms with Crippen LogP contribution in [0.2, 0.25) is 0 Å². The number of esters is 1. The van der Waals surface area contributed by atoms with Crippen LogP contribution in [0.4, 0.5) is 5.00 Å². The summed E-state index contributed by atoms with van der Waals surface area (Å²) >= 11 is 1.44. The molecular weight excluding hydrogens is 342 g/mol. The van der Waals surface area contributed by atoms with Crippen molar-refractivity contribution in [2.75, 3.05) is 26.1 Å². The summed E-state index contributed by atoms with van der Waals surface area (Å²) in [4.78, 5) is 25.4. The number of carbonyl (C=O) groups is 2. The van der Waals surface area contributed by atoms with E-state index < -0.39 is 5.97 Å². The van der Waals surface area contributed by atoms with Gasteiger partial charge in [-0.25, -0.2) is 4.79 Å². The molecule has 0 atom stereocenters. The molecule has 7 heteroatoms. The molecule has 132 valence electrons. The molecule has 3 rings (SSSR count). The molecule has 0 saturated carbocycles. The zero-order valence-corrected chi connectivity index (χ0v) is 14.9. The summed E-state index contributed by atoms with van der Waals surface area (Å²) in [5.41, 5.74) is 1.48. The molecule has 0 bridgehead atoms. The number of carbonyl (C=O) groups excluding carboxylic acids is 2. The number of anilines is 1. The summed E-state index contributed by atoms with van der Waals surface area (Å²) in [6.07, 6.45) is 2.80. The van der Waals surface area contributed by atoms with Gasteiger partial charge in [0.25, 0.3) is 5.91 Å². The molecule has 0 spiro atoms. The lowest BCUT2D eigenvalue weighted by atomic mass is 10.1. The molecule has 1 aliphatic rings. The number of hydrogen-bond donors (Lipinski definition) is 1. The van der Waals surface area contributed by atoms with Gasteiger partial charge in [-0.15, -0.1) is 11.3 Å². The highest BCUT2D eigenvalue weighted by molar-refractivity contribution is 7.17. The van der Waals surface area contributed by atoms with Gasteiger partial charge in [0.05, 0.1) is 19.8 Å². The van der Waals surface area contributed by atoms with Crippen molar-refractivity contribution >= 4 is 28.2 Å². The zero-order chi connectivity index (χ0) is 17.8. The predicted octanol–water partition coefficient (Wildman–Crippen LogP) is 3.05. The Balaban J connectivity index is 1.68. The molecule has 0 fully saturated rings. The van der Waals surface area contributed by atoms with Gasteiger partial charge in [0, 0.05) is 10.9 Å². The Bertz CT molecular complexity index is 799. The summed E-state index contributed by atoms with van der Waals surface area (Å²) in [6, 6.07) is 7.02. The maximum Gasteiger partial charge on any atom is 0.341 e. The molecule has 1 N–H and O–H groups in total. The van der Waals surface area contributed by atoms with Crippen LogP contribution in [0.15, 0.2) is 24.3 Å². The number of ether oxygens (including phenoxy) is 3. The van der Waals surface area contributed by atoms with Crippen molar-refractivity contribution in [1.82, 2.24) is 0 Å². The predicted molar refractivity (Wildman–Crippen MR) is 94.8 cm³/mol. The summed E-state index contributed by atoms with van der Waals surface area (Å²) in [5, 5.41) is 3.31. The molecule has 25 heavy (non-hydrogen) atoms. The third kappa shape index (κ3) is 3.76. The van der Waals surface area contributed by atoms with Crippen molar-refractivity contribution in [2.45, 2.75) is 19.3 Å². The van der Waals surface area contributed by atoms with Crippen molar-refractivity contribution in [3.05, 3.63) is 40.3 Å². The van der Waals surface area contributed by atoms with Gasteiger partial charge in [0.15, 0.2) is 6.61 Å². The van der Waals surface area contributed by atoms with Crippen LogP contribution >= 0.6 is 11.3 Å². The third-order valence-corrected chi connectivity index (χ3v) is 5.18. The Kier molecular flexibility index (Phi) is 5.23. The minimum Gasteiger partial charge on any atom is -0.497 e. The van der Waals surface area contributed by atoms with Gasteiger partial charge >= 0.3 is 5.97 Å². The lowest BCUT2D eigenvalue weighted by Crippen LogP contribution is -2.21. The molecule has 0 radical (unpaired) electrons. The van der Waals surface area contributed by atoms with E-state index in [0.29, 0.717) is 22.1 Å². The number of benzene rings is 1. The number of thiophene rings is 1. The Morgan fingerprint density at radius 3 is 2.76 bits per heavy atom. The highest BCUT2D eigenvalue weighted by Crippen LogP contribution is 2.39. The van der Waals surface area contributed by atoms with Crippen LogP contribution in [-0.2, 0) is 22.4 Å². The summed E-state index contributed by atoms with van der Waals surface area (Å²) in [5.74, 6) is 0.452. The number of hydrogen-bond acceptors (Lipinski definition) is 6. The fraction of sp³-hybridized carbons (Fsp3) is 0.333. The number of methoxy groups -OCH3 is 2. The van der Waals surface area contributed by atoms with Gasteiger partial charge in [-0.05, 0) is 37.0 Å². The minimum absolute atomic E-state index is 0.156. The number of rotatable bonds is 6. The maximum atomic E-state index is 12.2.